The molecule has 0 rings (SSSR count). The summed E-state index contributed by atoms with van der Waals surface area (Å²) in [6, 6.07) is -0.662. The molecule has 0 aliphatic rings. The van der Waals surface area contributed by atoms with E-state index < -0.39 is 12.1 Å². The van der Waals surface area contributed by atoms with E-state index in [0.717, 1.165) is 51.4 Å². The fourth-order valence-corrected chi connectivity index (χ4v) is 3.43. The highest BCUT2D eigenvalue weighted by Crippen LogP contribution is 2.05. The third-order valence-electron chi connectivity index (χ3n) is 5.65. The maximum atomic E-state index is 12.1. The minimum atomic E-state index is -0.869. The summed E-state index contributed by atoms with van der Waals surface area (Å²) in [7, 11) is 0. The minimum absolute atomic E-state index is 0.158. The van der Waals surface area contributed by atoms with Crippen molar-refractivity contribution in [1.82, 2.24) is 5.32 Å². The molecule has 0 fully saturated rings. The van der Waals surface area contributed by atoms with E-state index in [9.17, 15) is 15.0 Å². The molecule has 4 heteroatoms. The first kappa shape index (κ1) is 34.6. The van der Waals surface area contributed by atoms with Gasteiger partial charge in [0.2, 0.25) is 5.91 Å². The Kier molecular flexibility index (Phi) is 26.3. The van der Waals surface area contributed by atoms with Crippen molar-refractivity contribution < 1.29 is 15.0 Å². The molecule has 0 spiro atoms. The highest BCUT2D eigenvalue weighted by Gasteiger charge is 2.17. The van der Waals surface area contributed by atoms with Crippen LogP contribution in [0.4, 0.5) is 0 Å². The molecule has 0 radical (unpaired) electrons. The van der Waals surface area contributed by atoms with Gasteiger partial charge < -0.3 is 15.5 Å². The molecule has 1 amide bonds. The van der Waals surface area contributed by atoms with Crippen molar-refractivity contribution in [3.05, 3.63) is 85.1 Å². The molecule has 0 bridgehead atoms. The highest BCUT2D eigenvalue weighted by atomic mass is 16.3. The molecule has 0 heterocycles. The van der Waals surface area contributed by atoms with Crippen LogP contribution < -0.4 is 5.32 Å². The molecule has 0 saturated carbocycles. The smallest absolute Gasteiger partial charge is 0.220 e. The number of carbonyl (C=O) groups excluding carboxylic acids is 1. The molecule has 0 aliphatic heterocycles. The predicted octanol–water partition coefficient (Wildman–Crippen LogP) is 7.83. The zero-order chi connectivity index (χ0) is 27.2. The van der Waals surface area contributed by atoms with Crippen LogP contribution in [0.5, 0.6) is 0 Å². The Bertz CT molecular complexity index is 728. The summed E-state index contributed by atoms with van der Waals surface area (Å²) >= 11 is 0. The number of amides is 1. The van der Waals surface area contributed by atoms with Crippen LogP contribution in [-0.4, -0.2) is 34.9 Å². The van der Waals surface area contributed by atoms with Gasteiger partial charge in [0.05, 0.1) is 18.8 Å². The molecule has 208 valence electrons. The number of hydrogen-bond donors (Lipinski definition) is 3. The molecular formula is C33H53NO3. The normalized spacial score (nSPS) is 14.6. The first-order valence-electron chi connectivity index (χ1n) is 14.3. The van der Waals surface area contributed by atoms with Crippen LogP contribution in [0.3, 0.4) is 0 Å². The molecule has 3 N–H and O–H groups in total. The average Bonchev–Trinajstić information content (AvgIpc) is 2.90. The van der Waals surface area contributed by atoms with Gasteiger partial charge in [-0.15, -0.1) is 0 Å². The third kappa shape index (κ3) is 25.0. The largest absolute Gasteiger partial charge is 0.394 e. The fraction of sp³-hybridized carbons (Fsp3) is 0.545. The van der Waals surface area contributed by atoms with Crippen LogP contribution in [-0.2, 0) is 4.79 Å². The lowest BCUT2D eigenvalue weighted by atomic mass is 10.1. The molecule has 0 aromatic rings. The topological polar surface area (TPSA) is 69.6 Å². The van der Waals surface area contributed by atoms with E-state index in [2.05, 4.69) is 86.0 Å². The Balaban J connectivity index is 3.88. The number of aliphatic hydroxyl groups is 2. The number of rotatable bonds is 23. The lowest BCUT2D eigenvalue weighted by Gasteiger charge is -2.19. The van der Waals surface area contributed by atoms with Gasteiger partial charge in [0, 0.05) is 6.42 Å². The van der Waals surface area contributed by atoms with Gasteiger partial charge in [-0.25, -0.2) is 0 Å². The second kappa shape index (κ2) is 28.1. The second-order valence-electron chi connectivity index (χ2n) is 9.08. The molecular weight excluding hydrogens is 458 g/mol. The molecule has 2 unspecified atom stereocenters. The van der Waals surface area contributed by atoms with E-state index in [4.69, 9.17) is 0 Å². The zero-order valence-electron chi connectivity index (χ0n) is 23.4. The number of carbonyl (C=O) groups is 1. The van der Waals surface area contributed by atoms with E-state index in [1.54, 1.807) is 6.08 Å². The van der Waals surface area contributed by atoms with Crippen LogP contribution in [0.2, 0.25) is 0 Å². The van der Waals surface area contributed by atoms with Gasteiger partial charge in [-0.1, -0.05) is 118 Å². The van der Waals surface area contributed by atoms with Crippen LogP contribution in [0.1, 0.15) is 97.3 Å². The number of aliphatic hydroxyl groups excluding tert-OH is 2. The molecule has 4 nitrogen and oxygen atoms in total. The summed E-state index contributed by atoms with van der Waals surface area (Å²) in [4.78, 5) is 12.1. The first-order valence-corrected chi connectivity index (χ1v) is 14.3. The first-order chi connectivity index (χ1) is 18.2. The summed E-state index contributed by atoms with van der Waals surface area (Å²) in [5, 5.41) is 22.4. The van der Waals surface area contributed by atoms with Crippen LogP contribution >= 0.6 is 0 Å². The quantitative estimate of drug-likeness (QED) is 0.0967. The van der Waals surface area contributed by atoms with Gasteiger partial charge in [0.1, 0.15) is 0 Å². The SMILES string of the molecule is CC/C=C\C/C=C\C/C=C\C/C=C\C/C=C\C/C=C\CCC(=O)NC(CO)C(O)/C=C/CCCCCC. The lowest BCUT2D eigenvalue weighted by Crippen LogP contribution is -2.45. The van der Waals surface area contributed by atoms with Crippen molar-refractivity contribution >= 4 is 5.91 Å². The Labute approximate surface area is 227 Å². The summed E-state index contributed by atoms with van der Waals surface area (Å²) in [6.45, 7) is 4.04. The fourth-order valence-electron chi connectivity index (χ4n) is 3.43. The second-order valence-corrected chi connectivity index (χ2v) is 9.08. The van der Waals surface area contributed by atoms with E-state index in [1.807, 2.05) is 12.2 Å². The number of unbranched alkanes of at least 4 members (excludes halogenated alkanes) is 4. The van der Waals surface area contributed by atoms with Gasteiger partial charge in [-0.05, 0) is 57.8 Å². The maximum absolute atomic E-state index is 12.1. The van der Waals surface area contributed by atoms with Crippen molar-refractivity contribution in [2.75, 3.05) is 6.61 Å². The van der Waals surface area contributed by atoms with Crippen LogP contribution in [0, 0.1) is 0 Å². The van der Waals surface area contributed by atoms with Crippen molar-refractivity contribution in [2.45, 2.75) is 109 Å². The zero-order valence-corrected chi connectivity index (χ0v) is 23.4. The summed E-state index contributed by atoms with van der Waals surface area (Å²) in [5.74, 6) is -0.158. The highest BCUT2D eigenvalue weighted by molar-refractivity contribution is 5.76. The Hall–Kier alpha value is -2.43. The van der Waals surface area contributed by atoms with E-state index in [1.165, 1.54) is 19.3 Å². The number of nitrogens with one attached hydrogen (secondary N) is 1. The van der Waals surface area contributed by atoms with E-state index in [0.29, 0.717) is 12.8 Å². The molecule has 2 atom stereocenters. The van der Waals surface area contributed by atoms with Gasteiger partial charge in [-0.2, -0.15) is 0 Å². The molecule has 0 aromatic heterocycles. The van der Waals surface area contributed by atoms with Crippen LogP contribution in [0.15, 0.2) is 85.1 Å². The Morgan fingerprint density at radius 3 is 1.68 bits per heavy atom. The Morgan fingerprint density at radius 1 is 0.676 bits per heavy atom. The van der Waals surface area contributed by atoms with Crippen molar-refractivity contribution in [2.24, 2.45) is 0 Å². The predicted molar refractivity (Wildman–Crippen MR) is 160 cm³/mol. The Morgan fingerprint density at radius 2 is 1.19 bits per heavy atom. The van der Waals surface area contributed by atoms with Crippen molar-refractivity contribution in [3.8, 4) is 0 Å². The maximum Gasteiger partial charge on any atom is 0.220 e. The third-order valence-corrected chi connectivity index (χ3v) is 5.65. The standard InChI is InChI=1S/C33H53NO3/c1-3-5-7-9-11-12-13-14-15-16-17-18-19-20-21-22-23-25-27-29-33(37)34-31(30-35)32(36)28-26-24-10-8-6-4-2/h5,7,11-12,14-15,17-18,20-21,23,25-26,28,31-32,35-36H,3-4,6,8-10,13,16,19,22,24,27,29-30H2,1-2H3,(H,34,37)/b7-5-,12-11-,15-14-,18-17-,21-20-,25-23-,28-26+. The monoisotopic (exact) mass is 511 g/mol. The van der Waals surface area contributed by atoms with Gasteiger partial charge >= 0.3 is 0 Å². The van der Waals surface area contributed by atoms with Gasteiger partial charge in [0.15, 0.2) is 0 Å². The minimum Gasteiger partial charge on any atom is -0.394 e. The molecule has 0 saturated heterocycles. The summed E-state index contributed by atoms with van der Waals surface area (Å²) in [6.07, 6.45) is 41.1. The average molecular weight is 512 g/mol. The summed E-state index contributed by atoms with van der Waals surface area (Å²) < 4.78 is 0. The van der Waals surface area contributed by atoms with E-state index in [-0.39, 0.29) is 12.5 Å². The number of allylic oxidation sites excluding steroid dienone is 13. The van der Waals surface area contributed by atoms with Gasteiger partial charge in [-0.3, -0.25) is 4.79 Å². The van der Waals surface area contributed by atoms with Crippen LogP contribution in [0.25, 0.3) is 0 Å². The van der Waals surface area contributed by atoms with Gasteiger partial charge in [0.25, 0.3) is 0 Å². The lowest BCUT2D eigenvalue weighted by molar-refractivity contribution is -0.122. The number of hydrogen-bond acceptors (Lipinski definition) is 3. The van der Waals surface area contributed by atoms with E-state index >= 15 is 0 Å². The molecule has 37 heavy (non-hydrogen) atoms. The summed E-state index contributed by atoms with van der Waals surface area (Å²) in [5.41, 5.74) is 0. The van der Waals surface area contributed by atoms with Crippen molar-refractivity contribution in [1.29, 1.82) is 0 Å². The molecule has 0 aromatic carbocycles. The van der Waals surface area contributed by atoms with Crippen molar-refractivity contribution in [3.63, 3.8) is 0 Å². The molecule has 0 aliphatic carbocycles.